The summed E-state index contributed by atoms with van der Waals surface area (Å²) in [5, 5.41) is 3.68. The van der Waals surface area contributed by atoms with Crippen LogP contribution in [0.15, 0.2) is 24.3 Å². The van der Waals surface area contributed by atoms with Gasteiger partial charge in [0.05, 0.1) is 0 Å². The zero-order chi connectivity index (χ0) is 13.5. The number of nitrogens with one attached hydrogen (secondary N) is 1. The van der Waals surface area contributed by atoms with Gasteiger partial charge in [0.2, 0.25) is 0 Å². The summed E-state index contributed by atoms with van der Waals surface area (Å²) in [6, 6.07) is 8.55. The van der Waals surface area contributed by atoms with Crippen molar-refractivity contribution >= 4 is 6.29 Å². The molecule has 2 rings (SSSR count). The van der Waals surface area contributed by atoms with Crippen molar-refractivity contribution in [3.8, 4) is 0 Å². The molecule has 1 aliphatic carbocycles. The Morgan fingerprint density at radius 2 is 2.05 bits per heavy atom. The van der Waals surface area contributed by atoms with E-state index in [0.717, 1.165) is 24.3 Å². The maximum absolute atomic E-state index is 10.6. The summed E-state index contributed by atoms with van der Waals surface area (Å²) in [4.78, 5) is 10.6. The zero-order valence-corrected chi connectivity index (χ0v) is 11.9. The van der Waals surface area contributed by atoms with Crippen molar-refractivity contribution in [2.24, 2.45) is 5.92 Å². The molecule has 0 saturated heterocycles. The molecule has 19 heavy (non-hydrogen) atoms. The van der Waals surface area contributed by atoms with Crippen molar-refractivity contribution in [1.82, 2.24) is 5.32 Å². The van der Waals surface area contributed by atoms with E-state index >= 15 is 0 Å². The van der Waals surface area contributed by atoms with Crippen LogP contribution in [0.25, 0.3) is 0 Å². The molecular weight excluding hydrogens is 234 g/mol. The van der Waals surface area contributed by atoms with Gasteiger partial charge >= 0.3 is 0 Å². The SMILES string of the molecule is CCCC1CCCC(NCc2ccc(C=O)cc2)C1. The van der Waals surface area contributed by atoms with Crippen LogP contribution in [0.2, 0.25) is 0 Å². The van der Waals surface area contributed by atoms with Gasteiger partial charge in [-0.15, -0.1) is 0 Å². The summed E-state index contributed by atoms with van der Waals surface area (Å²) in [5.41, 5.74) is 2.02. The molecule has 2 unspecified atom stereocenters. The molecule has 0 amide bonds. The van der Waals surface area contributed by atoms with Gasteiger partial charge in [-0.2, -0.15) is 0 Å². The van der Waals surface area contributed by atoms with Crippen LogP contribution in [-0.2, 0) is 6.54 Å². The van der Waals surface area contributed by atoms with Crippen molar-refractivity contribution in [3.05, 3.63) is 35.4 Å². The lowest BCUT2D eigenvalue weighted by Crippen LogP contribution is -2.33. The highest BCUT2D eigenvalue weighted by Crippen LogP contribution is 2.27. The molecule has 1 fully saturated rings. The first-order valence-electron chi connectivity index (χ1n) is 7.59. The van der Waals surface area contributed by atoms with Crippen LogP contribution >= 0.6 is 0 Å². The molecule has 0 spiro atoms. The highest BCUT2D eigenvalue weighted by atomic mass is 16.1. The summed E-state index contributed by atoms with van der Waals surface area (Å²) in [6.45, 7) is 3.20. The minimum absolute atomic E-state index is 0.677. The molecule has 1 aromatic rings. The number of benzene rings is 1. The standard InChI is InChI=1S/C17H25NO/c1-2-4-14-5-3-6-17(11-14)18-12-15-7-9-16(13-19)10-8-15/h7-10,13-14,17-18H,2-6,11-12H2,1H3. The van der Waals surface area contributed by atoms with Gasteiger partial charge in [-0.3, -0.25) is 4.79 Å². The van der Waals surface area contributed by atoms with E-state index < -0.39 is 0 Å². The lowest BCUT2D eigenvalue weighted by molar-refractivity contribution is 0.112. The quantitative estimate of drug-likeness (QED) is 0.784. The first kappa shape index (κ1) is 14.3. The van der Waals surface area contributed by atoms with Gasteiger partial charge in [-0.05, 0) is 24.3 Å². The molecule has 1 aromatic carbocycles. The van der Waals surface area contributed by atoms with E-state index in [1.54, 1.807) is 0 Å². The number of carbonyl (C=O) groups excluding carboxylic acids is 1. The number of hydrogen-bond acceptors (Lipinski definition) is 2. The Hall–Kier alpha value is -1.15. The normalized spacial score (nSPS) is 23.2. The molecule has 1 aliphatic rings. The summed E-state index contributed by atoms with van der Waals surface area (Å²) in [5.74, 6) is 0.925. The Labute approximate surface area is 116 Å². The van der Waals surface area contributed by atoms with Gasteiger partial charge in [0.25, 0.3) is 0 Å². The van der Waals surface area contributed by atoms with Crippen LogP contribution in [0.3, 0.4) is 0 Å². The molecular formula is C17H25NO. The van der Waals surface area contributed by atoms with Gasteiger partial charge in [-0.1, -0.05) is 56.9 Å². The number of hydrogen-bond donors (Lipinski definition) is 1. The zero-order valence-electron chi connectivity index (χ0n) is 11.9. The highest BCUT2D eigenvalue weighted by Gasteiger charge is 2.20. The molecule has 0 radical (unpaired) electrons. The third-order valence-electron chi connectivity index (χ3n) is 4.19. The number of rotatable bonds is 6. The van der Waals surface area contributed by atoms with E-state index in [-0.39, 0.29) is 0 Å². The molecule has 2 heteroatoms. The molecule has 104 valence electrons. The first-order chi connectivity index (χ1) is 9.31. The molecule has 0 aliphatic heterocycles. The molecule has 0 aromatic heterocycles. The second kappa shape index (κ2) is 7.44. The second-order valence-corrected chi connectivity index (χ2v) is 5.76. The van der Waals surface area contributed by atoms with E-state index in [1.807, 2.05) is 24.3 Å². The Bertz CT molecular complexity index is 383. The number of aldehydes is 1. The molecule has 2 nitrogen and oxygen atoms in total. The van der Waals surface area contributed by atoms with Crippen molar-refractivity contribution in [2.45, 2.75) is 58.0 Å². The third kappa shape index (κ3) is 4.46. The van der Waals surface area contributed by atoms with E-state index in [1.165, 1.54) is 44.1 Å². The predicted molar refractivity (Wildman–Crippen MR) is 79.3 cm³/mol. The molecule has 0 bridgehead atoms. The Balaban J connectivity index is 1.79. The fourth-order valence-electron chi connectivity index (χ4n) is 3.12. The maximum Gasteiger partial charge on any atom is 0.150 e. The maximum atomic E-state index is 10.6. The third-order valence-corrected chi connectivity index (χ3v) is 4.19. The van der Waals surface area contributed by atoms with Crippen molar-refractivity contribution in [1.29, 1.82) is 0 Å². The molecule has 0 heterocycles. The van der Waals surface area contributed by atoms with E-state index in [2.05, 4.69) is 12.2 Å². The number of carbonyl (C=O) groups is 1. The summed E-state index contributed by atoms with van der Waals surface area (Å²) < 4.78 is 0. The minimum Gasteiger partial charge on any atom is -0.310 e. The van der Waals surface area contributed by atoms with E-state index in [0.29, 0.717) is 6.04 Å². The van der Waals surface area contributed by atoms with Gasteiger partial charge < -0.3 is 5.32 Å². The minimum atomic E-state index is 0.677. The summed E-state index contributed by atoms with van der Waals surface area (Å²) in [7, 11) is 0. The van der Waals surface area contributed by atoms with Crippen LogP contribution in [0.1, 0.15) is 61.4 Å². The fraction of sp³-hybridized carbons (Fsp3) is 0.588. The van der Waals surface area contributed by atoms with Crippen molar-refractivity contribution in [2.75, 3.05) is 0 Å². The Morgan fingerprint density at radius 3 is 2.74 bits per heavy atom. The van der Waals surface area contributed by atoms with E-state index in [4.69, 9.17) is 0 Å². The smallest absolute Gasteiger partial charge is 0.150 e. The highest BCUT2D eigenvalue weighted by molar-refractivity contribution is 5.74. The predicted octanol–water partition coefficient (Wildman–Crippen LogP) is 3.95. The largest absolute Gasteiger partial charge is 0.310 e. The lowest BCUT2D eigenvalue weighted by Gasteiger charge is -2.29. The fourth-order valence-corrected chi connectivity index (χ4v) is 3.12. The lowest BCUT2D eigenvalue weighted by atomic mass is 9.83. The molecule has 2 atom stereocenters. The average Bonchev–Trinajstić information content (AvgIpc) is 2.46. The Kier molecular flexibility index (Phi) is 5.59. The van der Waals surface area contributed by atoms with Gasteiger partial charge in [0.15, 0.2) is 0 Å². The average molecular weight is 259 g/mol. The van der Waals surface area contributed by atoms with Crippen LogP contribution < -0.4 is 5.32 Å². The van der Waals surface area contributed by atoms with E-state index in [9.17, 15) is 4.79 Å². The van der Waals surface area contributed by atoms with Crippen LogP contribution in [0.4, 0.5) is 0 Å². The first-order valence-corrected chi connectivity index (χ1v) is 7.59. The second-order valence-electron chi connectivity index (χ2n) is 5.76. The van der Waals surface area contributed by atoms with Crippen LogP contribution in [-0.4, -0.2) is 12.3 Å². The van der Waals surface area contributed by atoms with Gasteiger partial charge in [0.1, 0.15) is 6.29 Å². The topological polar surface area (TPSA) is 29.1 Å². The van der Waals surface area contributed by atoms with Gasteiger partial charge in [0, 0.05) is 18.2 Å². The molecule has 1 saturated carbocycles. The summed E-state index contributed by atoms with van der Waals surface area (Å²) >= 11 is 0. The molecule has 1 N–H and O–H groups in total. The van der Waals surface area contributed by atoms with Crippen LogP contribution in [0.5, 0.6) is 0 Å². The van der Waals surface area contributed by atoms with Crippen molar-refractivity contribution < 1.29 is 4.79 Å². The van der Waals surface area contributed by atoms with Crippen molar-refractivity contribution in [3.63, 3.8) is 0 Å². The Morgan fingerprint density at radius 1 is 1.26 bits per heavy atom. The summed E-state index contributed by atoms with van der Waals surface area (Å²) in [6.07, 6.45) is 9.02. The monoisotopic (exact) mass is 259 g/mol. The van der Waals surface area contributed by atoms with Crippen LogP contribution in [0, 0.1) is 5.92 Å². The van der Waals surface area contributed by atoms with Gasteiger partial charge in [-0.25, -0.2) is 0 Å².